The molecular weight excluding hydrogens is 404 g/mol. The quantitative estimate of drug-likeness (QED) is 0.748. The van der Waals surface area contributed by atoms with Crippen LogP contribution in [0.25, 0.3) is 0 Å². The van der Waals surface area contributed by atoms with E-state index in [2.05, 4.69) is 37.2 Å². The SMILES string of the molecule is O=C1NCCCN(Cc2ncc[nH]2)CCN2C(=O)[C@@]3(c4ccccc42)[C@@H]1C[C@@H]1CCCN13. The van der Waals surface area contributed by atoms with Crippen LogP contribution >= 0.6 is 0 Å². The zero-order valence-electron chi connectivity index (χ0n) is 18.3. The Kier molecular flexibility index (Phi) is 4.80. The van der Waals surface area contributed by atoms with E-state index in [1.54, 1.807) is 6.20 Å². The van der Waals surface area contributed by atoms with E-state index in [1.165, 1.54) is 0 Å². The lowest BCUT2D eigenvalue weighted by atomic mass is 9.78. The fourth-order valence-corrected chi connectivity index (χ4v) is 6.53. The Bertz CT molecular complexity index is 1020. The van der Waals surface area contributed by atoms with Gasteiger partial charge in [-0.15, -0.1) is 0 Å². The number of para-hydroxylation sites is 1. The van der Waals surface area contributed by atoms with E-state index in [4.69, 9.17) is 0 Å². The highest BCUT2D eigenvalue weighted by molar-refractivity contribution is 6.10. The Labute approximate surface area is 188 Å². The third kappa shape index (κ3) is 2.85. The van der Waals surface area contributed by atoms with Crippen LogP contribution in [0.2, 0.25) is 0 Å². The molecule has 0 unspecified atom stereocenters. The number of benzene rings is 1. The van der Waals surface area contributed by atoms with E-state index < -0.39 is 5.54 Å². The van der Waals surface area contributed by atoms with Crippen molar-refractivity contribution in [2.75, 3.05) is 37.6 Å². The summed E-state index contributed by atoms with van der Waals surface area (Å²) in [4.78, 5) is 41.9. The molecule has 8 heteroatoms. The Hall–Kier alpha value is -2.71. The monoisotopic (exact) mass is 434 g/mol. The van der Waals surface area contributed by atoms with Gasteiger partial charge in [0.1, 0.15) is 11.4 Å². The number of nitrogens with zero attached hydrogens (tertiary/aromatic N) is 4. The predicted molar refractivity (Wildman–Crippen MR) is 120 cm³/mol. The van der Waals surface area contributed by atoms with Gasteiger partial charge in [0.05, 0.1) is 12.5 Å². The minimum Gasteiger partial charge on any atom is -0.356 e. The second-order valence-electron chi connectivity index (χ2n) is 9.47. The molecule has 2 N–H and O–H groups in total. The number of aromatic nitrogens is 2. The maximum atomic E-state index is 14.3. The first-order valence-corrected chi connectivity index (χ1v) is 11.9. The number of carbonyl (C=O) groups excluding carboxylic acids is 2. The Balaban J connectivity index is 1.40. The van der Waals surface area contributed by atoms with Crippen LogP contribution in [0.15, 0.2) is 36.7 Å². The number of aromatic amines is 1. The second-order valence-corrected chi connectivity index (χ2v) is 9.47. The van der Waals surface area contributed by atoms with Crippen LogP contribution in [0.5, 0.6) is 0 Å². The number of carbonyl (C=O) groups is 2. The molecule has 3 fully saturated rings. The van der Waals surface area contributed by atoms with Crippen molar-refractivity contribution in [1.29, 1.82) is 0 Å². The average molecular weight is 435 g/mol. The van der Waals surface area contributed by atoms with Crippen molar-refractivity contribution in [3.05, 3.63) is 48.0 Å². The summed E-state index contributed by atoms with van der Waals surface area (Å²) < 4.78 is 0. The van der Waals surface area contributed by atoms with Crippen LogP contribution in [-0.4, -0.2) is 70.3 Å². The Morgan fingerprint density at radius 1 is 1.09 bits per heavy atom. The van der Waals surface area contributed by atoms with Crippen LogP contribution < -0.4 is 10.2 Å². The van der Waals surface area contributed by atoms with Gasteiger partial charge in [0.2, 0.25) is 5.91 Å². The highest BCUT2D eigenvalue weighted by atomic mass is 16.2. The van der Waals surface area contributed by atoms with Gasteiger partial charge in [-0.1, -0.05) is 18.2 Å². The summed E-state index contributed by atoms with van der Waals surface area (Å²) in [5, 5.41) is 3.18. The summed E-state index contributed by atoms with van der Waals surface area (Å²) in [5.41, 5.74) is 1.14. The fraction of sp³-hybridized carbons (Fsp3) is 0.542. The minimum atomic E-state index is -0.854. The second kappa shape index (κ2) is 7.71. The van der Waals surface area contributed by atoms with E-state index in [1.807, 2.05) is 23.2 Å². The van der Waals surface area contributed by atoms with Crippen LogP contribution in [0.3, 0.4) is 0 Å². The zero-order valence-corrected chi connectivity index (χ0v) is 18.3. The standard InChI is InChI=1S/C24H30N6O2/c31-22-19-15-17-5-3-12-30(17)24(19)18-6-1-2-7-20(18)29(23(24)32)14-13-28(11-4-8-27-22)16-21-25-9-10-26-21/h1-2,6-7,9-10,17,19H,3-5,8,11-16H2,(H,25,26)(H,27,31)/t17-,19+,24+/m0/s1. The molecule has 0 saturated carbocycles. The third-order valence-electron chi connectivity index (χ3n) is 7.85. The number of hydrogen-bond acceptors (Lipinski definition) is 5. The average Bonchev–Trinajstić information content (AvgIpc) is 3.56. The minimum absolute atomic E-state index is 0.0301. The third-order valence-corrected chi connectivity index (χ3v) is 7.85. The zero-order chi connectivity index (χ0) is 21.7. The largest absolute Gasteiger partial charge is 0.356 e. The van der Waals surface area contributed by atoms with Crippen molar-refractivity contribution in [3.8, 4) is 0 Å². The molecule has 2 bridgehead atoms. The van der Waals surface area contributed by atoms with Gasteiger partial charge in [0, 0.05) is 55.9 Å². The molecule has 2 aromatic rings. The molecule has 0 radical (unpaired) electrons. The summed E-state index contributed by atoms with van der Waals surface area (Å²) in [6.07, 6.45) is 7.40. The lowest BCUT2D eigenvalue weighted by Gasteiger charge is -2.37. The number of anilines is 1. The highest BCUT2D eigenvalue weighted by Gasteiger charge is 2.67. The first kappa shape index (κ1) is 19.9. The van der Waals surface area contributed by atoms with E-state index in [-0.39, 0.29) is 17.7 Å². The van der Waals surface area contributed by atoms with Crippen molar-refractivity contribution >= 4 is 17.5 Å². The molecule has 3 saturated heterocycles. The van der Waals surface area contributed by atoms with Crippen LogP contribution in [0, 0.1) is 5.92 Å². The molecular formula is C24H30N6O2. The molecule has 3 atom stereocenters. The number of rotatable bonds is 2. The first-order chi connectivity index (χ1) is 15.7. The number of hydrogen-bond donors (Lipinski definition) is 2. The lowest BCUT2D eigenvalue weighted by molar-refractivity contribution is -0.139. The molecule has 4 aliphatic heterocycles. The van der Waals surface area contributed by atoms with Gasteiger partial charge in [0.25, 0.3) is 5.91 Å². The summed E-state index contributed by atoms with van der Waals surface area (Å²) in [6.45, 7) is 4.43. The highest BCUT2D eigenvalue weighted by Crippen LogP contribution is 2.56. The molecule has 1 aromatic heterocycles. The summed E-state index contributed by atoms with van der Waals surface area (Å²) >= 11 is 0. The molecule has 1 aromatic carbocycles. The van der Waals surface area contributed by atoms with Crippen molar-refractivity contribution in [3.63, 3.8) is 0 Å². The van der Waals surface area contributed by atoms with Gasteiger partial charge >= 0.3 is 0 Å². The molecule has 2 amide bonds. The van der Waals surface area contributed by atoms with Gasteiger partial charge in [-0.2, -0.15) is 0 Å². The molecule has 0 aliphatic carbocycles. The van der Waals surface area contributed by atoms with Crippen molar-refractivity contribution < 1.29 is 9.59 Å². The summed E-state index contributed by atoms with van der Waals surface area (Å²) in [5.74, 6) is 0.705. The topological polar surface area (TPSA) is 84.6 Å². The van der Waals surface area contributed by atoms with Crippen molar-refractivity contribution in [2.45, 2.75) is 43.8 Å². The van der Waals surface area contributed by atoms with E-state index in [9.17, 15) is 9.59 Å². The van der Waals surface area contributed by atoms with Crippen LogP contribution in [-0.2, 0) is 21.7 Å². The Morgan fingerprint density at radius 2 is 2.00 bits per heavy atom. The number of amides is 2. The fourth-order valence-electron chi connectivity index (χ4n) is 6.53. The molecule has 8 nitrogen and oxygen atoms in total. The maximum absolute atomic E-state index is 14.3. The molecule has 168 valence electrons. The van der Waals surface area contributed by atoms with E-state index >= 15 is 0 Å². The van der Waals surface area contributed by atoms with Gasteiger partial charge in [-0.3, -0.25) is 19.4 Å². The number of imidazole rings is 1. The lowest BCUT2D eigenvalue weighted by Crippen LogP contribution is -2.57. The smallest absolute Gasteiger partial charge is 0.253 e. The van der Waals surface area contributed by atoms with E-state index in [0.717, 1.165) is 62.4 Å². The molecule has 4 aliphatic rings. The van der Waals surface area contributed by atoms with Crippen LogP contribution in [0.4, 0.5) is 5.69 Å². The number of fused-ring (bicyclic) bond motifs is 4. The number of H-pyrrole nitrogens is 1. The Morgan fingerprint density at radius 3 is 2.88 bits per heavy atom. The van der Waals surface area contributed by atoms with Crippen molar-refractivity contribution in [1.82, 2.24) is 25.1 Å². The van der Waals surface area contributed by atoms with Crippen molar-refractivity contribution in [2.24, 2.45) is 5.92 Å². The van der Waals surface area contributed by atoms with Gasteiger partial charge in [-0.05, 0) is 38.3 Å². The molecule has 1 spiro atoms. The summed E-state index contributed by atoms with van der Waals surface area (Å²) in [7, 11) is 0. The van der Waals surface area contributed by atoms with Gasteiger partial charge in [-0.25, -0.2) is 4.98 Å². The van der Waals surface area contributed by atoms with Crippen LogP contribution in [0.1, 0.15) is 37.1 Å². The molecule has 5 heterocycles. The predicted octanol–water partition coefficient (Wildman–Crippen LogP) is 1.46. The number of nitrogens with one attached hydrogen (secondary N) is 2. The summed E-state index contributed by atoms with van der Waals surface area (Å²) in [6, 6.07) is 8.45. The molecule has 6 rings (SSSR count). The molecule has 32 heavy (non-hydrogen) atoms. The first-order valence-electron chi connectivity index (χ1n) is 11.9. The van der Waals surface area contributed by atoms with E-state index in [0.29, 0.717) is 25.7 Å². The normalized spacial score (nSPS) is 30.9. The maximum Gasteiger partial charge on any atom is 0.253 e. The van der Waals surface area contributed by atoms with Gasteiger partial charge < -0.3 is 15.2 Å². The van der Waals surface area contributed by atoms with Gasteiger partial charge in [0.15, 0.2) is 0 Å².